The first kappa shape index (κ1) is 11.5. The van der Waals surface area contributed by atoms with E-state index in [1.54, 1.807) is 21.7 Å². The van der Waals surface area contributed by atoms with Crippen LogP contribution in [0.4, 0.5) is 0 Å². The van der Waals surface area contributed by atoms with Gasteiger partial charge in [-0.3, -0.25) is 4.79 Å². The van der Waals surface area contributed by atoms with Gasteiger partial charge in [-0.05, 0) is 25.9 Å². The predicted molar refractivity (Wildman–Crippen MR) is 64.2 cm³/mol. The molecule has 1 aromatic rings. The molecule has 1 saturated heterocycles. The van der Waals surface area contributed by atoms with E-state index in [-0.39, 0.29) is 11.8 Å². The smallest absolute Gasteiger partial charge is 0.225 e. The SMILES string of the molecule is CN(Cc1cscn1)C(=O)C1CCNCC1. The van der Waals surface area contributed by atoms with E-state index in [1.807, 2.05) is 12.4 Å². The average molecular weight is 239 g/mol. The van der Waals surface area contributed by atoms with Gasteiger partial charge in [-0.15, -0.1) is 11.3 Å². The molecule has 1 N–H and O–H groups in total. The molecule has 0 radical (unpaired) electrons. The van der Waals surface area contributed by atoms with Crippen LogP contribution in [0, 0.1) is 5.92 Å². The lowest BCUT2D eigenvalue weighted by molar-refractivity contribution is -0.135. The van der Waals surface area contributed by atoms with E-state index in [1.165, 1.54) is 0 Å². The highest BCUT2D eigenvalue weighted by molar-refractivity contribution is 7.07. The summed E-state index contributed by atoms with van der Waals surface area (Å²) in [5, 5.41) is 5.26. The summed E-state index contributed by atoms with van der Waals surface area (Å²) in [6.45, 7) is 2.55. The third-order valence-electron chi connectivity index (χ3n) is 2.95. The minimum Gasteiger partial charge on any atom is -0.340 e. The quantitative estimate of drug-likeness (QED) is 0.859. The van der Waals surface area contributed by atoms with Gasteiger partial charge in [-0.1, -0.05) is 0 Å². The van der Waals surface area contributed by atoms with Crippen molar-refractivity contribution in [1.82, 2.24) is 15.2 Å². The number of hydrogen-bond acceptors (Lipinski definition) is 4. The Labute approximate surface area is 99.7 Å². The summed E-state index contributed by atoms with van der Waals surface area (Å²) >= 11 is 1.57. The van der Waals surface area contributed by atoms with Gasteiger partial charge in [0.2, 0.25) is 5.91 Å². The zero-order valence-electron chi connectivity index (χ0n) is 9.48. The summed E-state index contributed by atoms with van der Waals surface area (Å²) in [4.78, 5) is 18.1. The molecule has 16 heavy (non-hydrogen) atoms. The zero-order chi connectivity index (χ0) is 11.4. The maximum absolute atomic E-state index is 12.1. The molecule has 0 aliphatic carbocycles. The van der Waals surface area contributed by atoms with Gasteiger partial charge >= 0.3 is 0 Å². The molecule has 0 aromatic carbocycles. The van der Waals surface area contributed by atoms with Gasteiger partial charge < -0.3 is 10.2 Å². The van der Waals surface area contributed by atoms with Gasteiger partial charge in [0.05, 0.1) is 17.7 Å². The van der Waals surface area contributed by atoms with Crippen LogP contribution in [-0.4, -0.2) is 35.9 Å². The maximum atomic E-state index is 12.1. The van der Waals surface area contributed by atoms with Crippen LogP contribution in [0.1, 0.15) is 18.5 Å². The van der Waals surface area contributed by atoms with Gasteiger partial charge in [0.25, 0.3) is 0 Å². The van der Waals surface area contributed by atoms with Crippen LogP contribution in [0.5, 0.6) is 0 Å². The van der Waals surface area contributed by atoms with Crippen molar-refractivity contribution in [3.63, 3.8) is 0 Å². The lowest BCUT2D eigenvalue weighted by Gasteiger charge is -2.26. The van der Waals surface area contributed by atoms with Gasteiger partial charge in [0.1, 0.15) is 0 Å². The van der Waals surface area contributed by atoms with Crippen molar-refractivity contribution in [2.45, 2.75) is 19.4 Å². The number of amides is 1. The van der Waals surface area contributed by atoms with E-state index < -0.39 is 0 Å². The number of thiazole rings is 1. The Bertz CT molecular complexity index is 333. The van der Waals surface area contributed by atoms with E-state index in [9.17, 15) is 4.79 Å². The van der Waals surface area contributed by atoms with Gasteiger partial charge in [-0.25, -0.2) is 4.98 Å². The fourth-order valence-electron chi connectivity index (χ4n) is 2.02. The Balaban J connectivity index is 1.88. The molecular weight excluding hydrogens is 222 g/mol. The molecule has 2 heterocycles. The maximum Gasteiger partial charge on any atom is 0.225 e. The Kier molecular flexibility index (Phi) is 3.90. The highest BCUT2D eigenvalue weighted by Crippen LogP contribution is 2.15. The molecule has 4 nitrogen and oxygen atoms in total. The summed E-state index contributed by atoms with van der Waals surface area (Å²) in [5.41, 5.74) is 2.79. The second-order valence-electron chi connectivity index (χ2n) is 4.20. The van der Waals surface area contributed by atoms with Crippen molar-refractivity contribution in [3.05, 3.63) is 16.6 Å². The van der Waals surface area contributed by atoms with Crippen molar-refractivity contribution < 1.29 is 4.79 Å². The standard InChI is InChI=1S/C11H17N3OS/c1-14(6-10-7-16-8-13-10)11(15)9-2-4-12-5-3-9/h7-9,12H,2-6H2,1H3. The summed E-state index contributed by atoms with van der Waals surface area (Å²) in [6.07, 6.45) is 1.92. The average Bonchev–Trinajstić information content (AvgIpc) is 2.82. The third kappa shape index (κ3) is 2.80. The summed E-state index contributed by atoms with van der Waals surface area (Å²) in [6, 6.07) is 0. The molecule has 1 amide bonds. The molecule has 1 aromatic heterocycles. The zero-order valence-corrected chi connectivity index (χ0v) is 10.3. The summed E-state index contributed by atoms with van der Waals surface area (Å²) in [7, 11) is 1.86. The summed E-state index contributed by atoms with van der Waals surface area (Å²) < 4.78 is 0. The van der Waals surface area contributed by atoms with Crippen molar-refractivity contribution in [2.24, 2.45) is 5.92 Å². The molecule has 1 aliphatic heterocycles. The Morgan fingerprint density at radius 3 is 3.00 bits per heavy atom. The third-order valence-corrected chi connectivity index (χ3v) is 3.58. The van der Waals surface area contributed by atoms with E-state index >= 15 is 0 Å². The minimum absolute atomic E-state index is 0.199. The van der Waals surface area contributed by atoms with Crippen LogP contribution >= 0.6 is 11.3 Å². The van der Waals surface area contributed by atoms with E-state index in [2.05, 4.69) is 10.3 Å². The lowest BCUT2D eigenvalue weighted by Crippen LogP contribution is -2.38. The molecule has 1 aliphatic rings. The van der Waals surface area contributed by atoms with E-state index in [0.717, 1.165) is 31.6 Å². The number of rotatable bonds is 3. The van der Waals surface area contributed by atoms with E-state index in [4.69, 9.17) is 0 Å². The second-order valence-corrected chi connectivity index (χ2v) is 4.92. The van der Waals surface area contributed by atoms with Crippen molar-refractivity contribution in [2.75, 3.05) is 20.1 Å². The van der Waals surface area contributed by atoms with Crippen molar-refractivity contribution in [3.8, 4) is 0 Å². The molecule has 2 rings (SSSR count). The molecule has 0 atom stereocenters. The van der Waals surface area contributed by atoms with Crippen molar-refractivity contribution in [1.29, 1.82) is 0 Å². The first-order chi connectivity index (χ1) is 7.77. The lowest BCUT2D eigenvalue weighted by atomic mass is 9.97. The van der Waals surface area contributed by atoms with Gasteiger partial charge in [0.15, 0.2) is 0 Å². The molecule has 5 heteroatoms. The molecule has 0 spiro atoms. The molecule has 1 fully saturated rings. The predicted octanol–water partition coefficient (Wildman–Crippen LogP) is 1.10. The monoisotopic (exact) mass is 239 g/mol. The van der Waals surface area contributed by atoms with E-state index in [0.29, 0.717) is 6.54 Å². The Morgan fingerprint density at radius 2 is 2.38 bits per heavy atom. The first-order valence-corrected chi connectivity index (χ1v) is 6.54. The second kappa shape index (κ2) is 5.41. The van der Waals surface area contributed by atoms with Crippen LogP contribution in [0.2, 0.25) is 0 Å². The number of piperidine rings is 1. The minimum atomic E-state index is 0.199. The van der Waals surface area contributed by atoms with Gasteiger partial charge in [0, 0.05) is 18.3 Å². The number of hydrogen-bond donors (Lipinski definition) is 1. The Hall–Kier alpha value is -0.940. The topological polar surface area (TPSA) is 45.2 Å². The number of nitrogens with one attached hydrogen (secondary N) is 1. The molecule has 0 bridgehead atoms. The molecule has 0 unspecified atom stereocenters. The molecule has 88 valence electrons. The highest BCUT2D eigenvalue weighted by atomic mass is 32.1. The first-order valence-electron chi connectivity index (χ1n) is 5.60. The fraction of sp³-hybridized carbons (Fsp3) is 0.636. The fourth-order valence-corrected chi connectivity index (χ4v) is 2.57. The largest absolute Gasteiger partial charge is 0.340 e. The number of nitrogens with zero attached hydrogens (tertiary/aromatic N) is 2. The van der Waals surface area contributed by atoms with Crippen LogP contribution in [0.3, 0.4) is 0 Å². The van der Waals surface area contributed by atoms with Crippen LogP contribution in [0.25, 0.3) is 0 Å². The van der Waals surface area contributed by atoms with Gasteiger partial charge in [-0.2, -0.15) is 0 Å². The number of aromatic nitrogens is 1. The van der Waals surface area contributed by atoms with Crippen molar-refractivity contribution >= 4 is 17.2 Å². The highest BCUT2D eigenvalue weighted by Gasteiger charge is 2.23. The van der Waals surface area contributed by atoms with Crippen LogP contribution in [-0.2, 0) is 11.3 Å². The number of carbonyl (C=O) groups excluding carboxylic acids is 1. The molecule has 0 saturated carbocycles. The number of carbonyl (C=O) groups is 1. The van der Waals surface area contributed by atoms with Crippen LogP contribution < -0.4 is 5.32 Å². The Morgan fingerprint density at radius 1 is 1.62 bits per heavy atom. The molecular formula is C11H17N3OS. The normalized spacial score (nSPS) is 17.3. The van der Waals surface area contributed by atoms with Crippen LogP contribution in [0.15, 0.2) is 10.9 Å². The summed E-state index contributed by atoms with van der Waals surface area (Å²) in [5.74, 6) is 0.458.